The molecule has 2 unspecified atom stereocenters. The van der Waals surface area contributed by atoms with Gasteiger partial charge in [-0.2, -0.15) is 0 Å². The van der Waals surface area contributed by atoms with Gasteiger partial charge >= 0.3 is 11.8 Å². The molecule has 1 aliphatic carbocycles. The lowest BCUT2D eigenvalue weighted by atomic mass is 9.83. The van der Waals surface area contributed by atoms with Crippen LogP contribution in [0.25, 0.3) is 0 Å². The predicted molar refractivity (Wildman–Crippen MR) is 132 cm³/mol. The van der Waals surface area contributed by atoms with Gasteiger partial charge < -0.3 is 26.6 Å². The van der Waals surface area contributed by atoms with Gasteiger partial charge in [-0.15, -0.1) is 0 Å². The number of nitrogens with two attached hydrogens (primary N) is 1. The highest BCUT2D eigenvalue weighted by Crippen LogP contribution is 2.26. The van der Waals surface area contributed by atoms with E-state index in [1.54, 1.807) is 6.07 Å². The van der Waals surface area contributed by atoms with E-state index in [1.165, 1.54) is 42.9 Å². The summed E-state index contributed by atoms with van der Waals surface area (Å²) in [5, 5.41) is 7.77. The molecular formula is C24H29ClN6O4. The van der Waals surface area contributed by atoms with Crippen molar-refractivity contribution in [1.29, 1.82) is 0 Å². The second kappa shape index (κ2) is 11.8. The van der Waals surface area contributed by atoms with E-state index in [1.807, 2.05) is 12.1 Å². The molecule has 3 rings (SSSR count). The topological polar surface area (TPSA) is 147 Å². The van der Waals surface area contributed by atoms with Crippen molar-refractivity contribution >= 4 is 41.0 Å². The maximum atomic E-state index is 12.9. The van der Waals surface area contributed by atoms with E-state index < -0.39 is 29.7 Å². The molecule has 0 saturated heterocycles. The molecule has 4 amide bonds. The summed E-state index contributed by atoms with van der Waals surface area (Å²) in [6.07, 6.45) is 4.02. The van der Waals surface area contributed by atoms with Crippen molar-refractivity contribution in [1.82, 2.24) is 20.5 Å². The van der Waals surface area contributed by atoms with Crippen molar-refractivity contribution in [2.75, 3.05) is 32.5 Å². The van der Waals surface area contributed by atoms with Gasteiger partial charge in [-0.1, -0.05) is 17.7 Å². The summed E-state index contributed by atoms with van der Waals surface area (Å²) in [7, 11) is 3.07. The number of nitrogens with zero attached hydrogens (tertiary/aromatic N) is 2. The van der Waals surface area contributed by atoms with Crippen molar-refractivity contribution in [2.45, 2.75) is 25.3 Å². The fourth-order valence-electron chi connectivity index (χ4n) is 3.82. The van der Waals surface area contributed by atoms with Crippen molar-refractivity contribution < 1.29 is 19.2 Å². The van der Waals surface area contributed by atoms with Crippen molar-refractivity contribution in [2.24, 2.45) is 11.7 Å². The smallest absolute Gasteiger partial charge is 0.314 e. The molecule has 1 aromatic heterocycles. The fraction of sp³-hybridized carbons (Fsp3) is 0.375. The van der Waals surface area contributed by atoms with Crippen molar-refractivity contribution in [3.63, 3.8) is 0 Å². The maximum Gasteiger partial charge on any atom is 0.314 e. The Labute approximate surface area is 208 Å². The highest BCUT2D eigenvalue weighted by molar-refractivity contribution is 6.39. The fourth-order valence-corrected chi connectivity index (χ4v) is 3.94. The zero-order valence-electron chi connectivity index (χ0n) is 19.6. The lowest BCUT2D eigenvalue weighted by molar-refractivity contribution is -0.136. The van der Waals surface area contributed by atoms with Gasteiger partial charge in [0, 0.05) is 32.4 Å². The first kappa shape index (κ1) is 26.1. The van der Waals surface area contributed by atoms with E-state index in [2.05, 4.69) is 20.9 Å². The van der Waals surface area contributed by atoms with E-state index >= 15 is 0 Å². The van der Waals surface area contributed by atoms with Crippen molar-refractivity contribution in [3.8, 4) is 0 Å². The summed E-state index contributed by atoms with van der Waals surface area (Å²) in [5.74, 6) is -2.22. The van der Waals surface area contributed by atoms with Crippen molar-refractivity contribution in [3.05, 3.63) is 58.2 Å². The lowest BCUT2D eigenvalue weighted by Crippen LogP contribution is -2.53. The number of anilines is 1. The first-order valence-corrected chi connectivity index (χ1v) is 11.6. The Morgan fingerprint density at radius 2 is 1.91 bits per heavy atom. The minimum absolute atomic E-state index is 0.147. The number of amides is 4. The van der Waals surface area contributed by atoms with E-state index in [0.717, 1.165) is 24.8 Å². The molecule has 11 heteroatoms. The number of aromatic nitrogens is 1. The van der Waals surface area contributed by atoms with Crippen LogP contribution in [0.15, 0.2) is 36.5 Å². The number of fused-ring (bicyclic) bond motifs is 1. The molecule has 0 bridgehead atoms. The van der Waals surface area contributed by atoms with Gasteiger partial charge in [0.25, 0.3) is 5.91 Å². The predicted octanol–water partition coefficient (Wildman–Crippen LogP) is 0.740. The summed E-state index contributed by atoms with van der Waals surface area (Å²) < 4.78 is 0. The summed E-state index contributed by atoms with van der Waals surface area (Å²) in [5.41, 5.74) is 8.49. The normalized spacial score (nSPS) is 15.4. The van der Waals surface area contributed by atoms with Gasteiger partial charge in [-0.25, -0.2) is 4.98 Å². The second-order valence-electron chi connectivity index (χ2n) is 8.61. The average molecular weight is 501 g/mol. The van der Waals surface area contributed by atoms with Gasteiger partial charge in [-0.05, 0) is 67.1 Å². The van der Waals surface area contributed by atoms with Crippen LogP contribution in [-0.4, -0.2) is 66.7 Å². The Morgan fingerprint density at radius 1 is 1.14 bits per heavy atom. The van der Waals surface area contributed by atoms with Crippen LogP contribution in [0, 0.1) is 5.92 Å². The Morgan fingerprint density at radius 3 is 2.57 bits per heavy atom. The van der Waals surface area contributed by atoms with Gasteiger partial charge in [-0.3, -0.25) is 19.2 Å². The molecule has 1 aliphatic rings. The van der Waals surface area contributed by atoms with Gasteiger partial charge in [0.1, 0.15) is 11.9 Å². The Balaban J connectivity index is 1.63. The second-order valence-corrected chi connectivity index (χ2v) is 9.05. The SMILES string of the molecule is CN(C)C(=O)C(CNC(=O)C(=O)Nc1ccc(Cl)cn1)NC(=O)c1ccc2c(c1)CCC(CN)C2. The molecule has 2 atom stereocenters. The third kappa shape index (κ3) is 7.00. The molecule has 186 valence electrons. The number of benzene rings is 1. The van der Waals surface area contributed by atoms with Crippen LogP contribution in [0.2, 0.25) is 5.02 Å². The first-order chi connectivity index (χ1) is 16.7. The number of carbonyl (C=O) groups excluding carboxylic acids is 4. The molecule has 0 saturated carbocycles. The Bertz CT molecular complexity index is 1110. The van der Waals surface area contributed by atoms with Crippen LogP contribution in [0.1, 0.15) is 27.9 Å². The molecule has 1 heterocycles. The third-order valence-corrected chi connectivity index (χ3v) is 6.04. The molecular weight excluding hydrogens is 472 g/mol. The summed E-state index contributed by atoms with van der Waals surface area (Å²) in [6, 6.07) is 7.36. The number of rotatable bonds is 7. The van der Waals surface area contributed by atoms with Crippen LogP contribution >= 0.6 is 11.6 Å². The van der Waals surface area contributed by atoms with Crippen LogP contribution in [-0.2, 0) is 27.2 Å². The summed E-state index contributed by atoms with van der Waals surface area (Å²) >= 11 is 5.75. The van der Waals surface area contributed by atoms with Gasteiger partial charge in [0.05, 0.1) is 5.02 Å². The molecule has 35 heavy (non-hydrogen) atoms. The van der Waals surface area contributed by atoms with E-state index in [9.17, 15) is 19.2 Å². The van der Waals surface area contributed by atoms with E-state index in [4.69, 9.17) is 17.3 Å². The molecule has 2 aromatic rings. The third-order valence-electron chi connectivity index (χ3n) is 5.82. The molecule has 5 N–H and O–H groups in total. The number of hydrogen-bond donors (Lipinski definition) is 4. The number of aryl methyl sites for hydroxylation is 1. The van der Waals surface area contributed by atoms with Crippen LogP contribution in [0.3, 0.4) is 0 Å². The molecule has 0 aliphatic heterocycles. The monoisotopic (exact) mass is 500 g/mol. The average Bonchev–Trinajstić information content (AvgIpc) is 2.86. The lowest BCUT2D eigenvalue weighted by Gasteiger charge is -2.25. The molecule has 10 nitrogen and oxygen atoms in total. The quantitative estimate of drug-likeness (QED) is 0.412. The summed E-state index contributed by atoms with van der Waals surface area (Å²) in [6.45, 7) is 0.363. The van der Waals surface area contributed by atoms with Gasteiger partial charge in [0.2, 0.25) is 5.91 Å². The number of pyridine rings is 1. The molecule has 0 fully saturated rings. The Hall–Kier alpha value is -3.50. The largest absolute Gasteiger partial charge is 0.347 e. The first-order valence-electron chi connectivity index (χ1n) is 11.2. The molecule has 0 radical (unpaired) electrons. The highest BCUT2D eigenvalue weighted by atomic mass is 35.5. The van der Waals surface area contributed by atoms with E-state index in [0.29, 0.717) is 23.0 Å². The van der Waals surface area contributed by atoms with Gasteiger partial charge in [0.15, 0.2) is 0 Å². The van der Waals surface area contributed by atoms with Crippen LogP contribution < -0.4 is 21.7 Å². The number of nitrogens with one attached hydrogen (secondary N) is 3. The minimum Gasteiger partial charge on any atom is -0.347 e. The number of halogens is 1. The van der Waals surface area contributed by atoms with Crippen LogP contribution in [0.5, 0.6) is 0 Å². The molecule has 1 aromatic carbocycles. The van der Waals surface area contributed by atoms with Crippen LogP contribution in [0.4, 0.5) is 5.82 Å². The standard InChI is InChI=1S/C24H29ClN6O4/c1-31(2)24(35)19(13-28-22(33)23(34)30-20-8-7-18(25)12-27-20)29-21(32)17-6-5-15-9-14(11-26)3-4-16(15)10-17/h5-8,10,12,14,19H,3-4,9,11,13,26H2,1-2H3,(H,28,33)(H,29,32)(H,27,30,34). The number of hydrogen-bond acceptors (Lipinski definition) is 6. The number of likely N-dealkylation sites (N-methyl/N-ethyl adjacent to an activating group) is 1. The summed E-state index contributed by atoms with van der Waals surface area (Å²) in [4.78, 5) is 55.2. The zero-order valence-corrected chi connectivity index (χ0v) is 20.4. The molecule has 0 spiro atoms. The highest BCUT2D eigenvalue weighted by Gasteiger charge is 2.26. The number of carbonyl (C=O) groups is 4. The van der Waals surface area contributed by atoms with E-state index in [-0.39, 0.29) is 12.4 Å². The minimum atomic E-state index is -1.07. The zero-order chi connectivity index (χ0) is 25.5. The Kier molecular flexibility index (Phi) is 8.78. The maximum absolute atomic E-state index is 12.9.